The molecule has 0 radical (unpaired) electrons. The second kappa shape index (κ2) is 12.9. The Morgan fingerprint density at radius 3 is 2.42 bits per heavy atom. The smallest absolute Gasteiger partial charge is 0.335 e. The maximum absolute atomic E-state index is 13.3. The zero-order valence-corrected chi connectivity index (χ0v) is 23.3. The van der Waals surface area contributed by atoms with Crippen molar-refractivity contribution in [3.8, 4) is 17.2 Å². The lowest BCUT2D eigenvalue weighted by Crippen LogP contribution is -2.54. The lowest BCUT2D eigenvalue weighted by molar-refractivity contribution is -0.122. The molecule has 4 rings (SSSR count). The number of benzene rings is 3. The van der Waals surface area contributed by atoms with Gasteiger partial charge in [0.05, 0.1) is 23.9 Å². The number of amides is 5. The van der Waals surface area contributed by atoms with Crippen LogP contribution in [-0.2, 0) is 14.4 Å². The molecule has 0 unspecified atom stereocenters. The molecule has 40 heavy (non-hydrogen) atoms. The number of halogens is 1. The highest BCUT2D eigenvalue weighted by Gasteiger charge is 2.37. The monoisotopic (exact) mass is 607 g/mol. The fraction of sp³-hybridized carbons (Fsp3) is 0.172. The van der Waals surface area contributed by atoms with E-state index in [1.807, 2.05) is 25.1 Å². The van der Waals surface area contributed by atoms with Gasteiger partial charge in [-0.15, -0.1) is 0 Å². The molecule has 1 aliphatic heterocycles. The van der Waals surface area contributed by atoms with Gasteiger partial charge in [-0.1, -0.05) is 31.2 Å². The van der Waals surface area contributed by atoms with E-state index in [9.17, 15) is 19.2 Å². The van der Waals surface area contributed by atoms with Crippen molar-refractivity contribution >= 4 is 57.1 Å². The maximum Gasteiger partial charge on any atom is 0.335 e. The highest BCUT2D eigenvalue weighted by atomic mass is 79.9. The number of urea groups is 1. The third-order valence-electron chi connectivity index (χ3n) is 5.65. The second-order valence-electron chi connectivity index (χ2n) is 8.53. The van der Waals surface area contributed by atoms with Gasteiger partial charge in [0.2, 0.25) is 0 Å². The van der Waals surface area contributed by atoms with Crippen LogP contribution in [-0.4, -0.2) is 44.1 Å². The molecule has 0 aromatic heterocycles. The Balaban J connectivity index is 1.50. The van der Waals surface area contributed by atoms with Crippen molar-refractivity contribution in [1.29, 1.82) is 0 Å². The fourth-order valence-corrected chi connectivity index (χ4v) is 4.28. The maximum atomic E-state index is 13.3. The Bertz CT molecular complexity index is 1470. The van der Waals surface area contributed by atoms with Gasteiger partial charge in [0.1, 0.15) is 11.3 Å². The van der Waals surface area contributed by atoms with Crippen LogP contribution in [0.2, 0.25) is 0 Å². The van der Waals surface area contributed by atoms with Gasteiger partial charge in [-0.3, -0.25) is 19.7 Å². The number of anilines is 2. The van der Waals surface area contributed by atoms with Crippen LogP contribution in [0.1, 0.15) is 18.9 Å². The molecule has 2 N–H and O–H groups in total. The number of hydrogen-bond donors (Lipinski definition) is 2. The van der Waals surface area contributed by atoms with Crippen LogP contribution < -0.4 is 29.7 Å². The molecule has 0 atom stereocenters. The molecule has 5 amide bonds. The summed E-state index contributed by atoms with van der Waals surface area (Å²) in [5, 5.41) is 4.93. The summed E-state index contributed by atoms with van der Waals surface area (Å²) >= 11 is 3.40. The minimum Gasteiger partial charge on any atom is -0.493 e. The third-order valence-corrected chi connectivity index (χ3v) is 6.27. The highest BCUT2D eigenvalue weighted by Crippen LogP contribution is 2.34. The summed E-state index contributed by atoms with van der Waals surface area (Å²) in [5.41, 5.74) is 1.11. The van der Waals surface area contributed by atoms with Crippen LogP contribution in [0.25, 0.3) is 6.08 Å². The average Bonchev–Trinajstić information content (AvgIpc) is 2.94. The average molecular weight is 608 g/mol. The minimum atomic E-state index is -0.880. The van der Waals surface area contributed by atoms with Crippen LogP contribution in [0.3, 0.4) is 0 Å². The summed E-state index contributed by atoms with van der Waals surface area (Å²) < 4.78 is 17.1. The Labute approximate surface area is 239 Å². The van der Waals surface area contributed by atoms with Crippen LogP contribution >= 0.6 is 15.9 Å². The molecule has 0 spiro atoms. The summed E-state index contributed by atoms with van der Waals surface area (Å²) in [5.74, 6) is -0.762. The lowest BCUT2D eigenvalue weighted by Gasteiger charge is -2.27. The number of ether oxygens (including phenoxy) is 3. The van der Waals surface area contributed by atoms with Crippen LogP contribution in [0.4, 0.5) is 16.2 Å². The first-order chi connectivity index (χ1) is 19.3. The quantitative estimate of drug-likeness (QED) is 0.247. The normalized spacial score (nSPS) is 14.1. The molecule has 10 nitrogen and oxygen atoms in total. The number of hydrogen-bond acceptors (Lipinski definition) is 7. The topological polar surface area (TPSA) is 123 Å². The predicted molar refractivity (Wildman–Crippen MR) is 152 cm³/mol. The molecule has 3 aromatic carbocycles. The fourth-order valence-electron chi connectivity index (χ4n) is 3.77. The van der Waals surface area contributed by atoms with Crippen molar-refractivity contribution in [2.24, 2.45) is 0 Å². The van der Waals surface area contributed by atoms with Gasteiger partial charge in [0, 0.05) is 11.8 Å². The van der Waals surface area contributed by atoms with E-state index in [1.54, 1.807) is 36.4 Å². The van der Waals surface area contributed by atoms with E-state index < -0.39 is 17.8 Å². The number of barbiturate groups is 1. The Morgan fingerprint density at radius 2 is 1.73 bits per heavy atom. The predicted octanol–water partition coefficient (Wildman–Crippen LogP) is 4.93. The molecule has 0 aliphatic carbocycles. The van der Waals surface area contributed by atoms with Crippen molar-refractivity contribution in [3.05, 3.63) is 82.3 Å². The molecule has 0 saturated carbocycles. The first-order valence-electron chi connectivity index (χ1n) is 12.3. The molecule has 0 bridgehead atoms. The number of para-hydroxylation sites is 1. The summed E-state index contributed by atoms with van der Waals surface area (Å²) in [7, 11) is 1.45. The van der Waals surface area contributed by atoms with Crippen LogP contribution in [0.15, 0.2) is 76.8 Å². The van der Waals surface area contributed by atoms with Gasteiger partial charge in [-0.25, -0.2) is 9.69 Å². The van der Waals surface area contributed by atoms with Crippen molar-refractivity contribution in [3.63, 3.8) is 0 Å². The van der Waals surface area contributed by atoms with E-state index in [4.69, 9.17) is 14.2 Å². The van der Waals surface area contributed by atoms with E-state index in [0.717, 1.165) is 11.3 Å². The van der Waals surface area contributed by atoms with E-state index in [-0.39, 0.29) is 23.8 Å². The van der Waals surface area contributed by atoms with Gasteiger partial charge in [-0.05, 0) is 70.4 Å². The van der Waals surface area contributed by atoms with Crippen molar-refractivity contribution in [2.75, 3.05) is 30.5 Å². The van der Waals surface area contributed by atoms with Gasteiger partial charge >= 0.3 is 6.03 Å². The zero-order valence-electron chi connectivity index (χ0n) is 21.7. The molecule has 1 aliphatic rings. The van der Waals surface area contributed by atoms with Gasteiger partial charge < -0.3 is 19.5 Å². The molecule has 1 fully saturated rings. The summed E-state index contributed by atoms with van der Waals surface area (Å²) in [6.45, 7) is 2.21. The van der Waals surface area contributed by atoms with E-state index in [2.05, 4.69) is 26.6 Å². The largest absolute Gasteiger partial charge is 0.493 e. The van der Waals surface area contributed by atoms with Crippen LogP contribution in [0.5, 0.6) is 17.2 Å². The number of carbonyl (C=O) groups is 4. The molecule has 206 valence electrons. The van der Waals surface area contributed by atoms with E-state index >= 15 is 0 Å². The molecular formula is C29H26BrN3O7. The van der Waals surface area contributed by atoms with Gasteiger partial charge in [-0.2, -0.15) is 0 Å². The van der Waals surface area contributed by atoms with Crippen molar-refractivity contribution < 1.29 is 33.4 Å². The Kier molecular flexibility index (Phi) is 9.18. The molecule has 1 saturated heterocycles. The van der Waals surface area contributed by atoms with E-state index in [0.29, 0.717) is 39.6 Å². The van der Waals surface area contributed by atoms with E-state index in [1.165, 1.54) is 25.3 Å². The Morgan fingerprint density at radius 1 is 0.975 bits per heavy atom. The summed E-state index contributed by atoms with van der Waals surface area (Å²) in [4.78, 5) is 51.6. The molecule has 11 heteroatoms. The number of methoxy groups -OCH3 is 1. The second-order valence-corrected chi connectivity index (χ2v) is 9.39. The number of carbonyl (C=O) groups excluding carboxylic acids is 4. The highest BCUT2D eigenvalue weighted by molar-refractivity contribution is 9.10. The lowest BCUT2D eigenvalue weighted by atomic mass is 10.1. The Hall–Kier alpha value is -4.64. The van der Waals surface area contributed by atoms with Gasteiger partial charge in [0.25, 0.3) is 17.7 Å². The first kappa shape index (κ1) is 28.4. The summed E-state index contributed by atoms with van der Waals surface area (Å²) in [6.07, 6.45) is 2.16. The molecular weight excluding hydrogens is 582 g/mol. The molecule has 3 aromatic rings. The number of imide groups is 2. The first-order valence-corrected chi connectivity index (χ1v) is 13.1. The van der Waals surface area contributed by atoms with Gasteiger partial charge in [0.15, 0.2) is 18.1 Å². The molecule has 1 heterocycles. The zero-order chi connectivity index (χ0) is 28.6. The summed E-state index contributed by atoms with van der Waals surface area (Å²) in [6, 6.07) is 17.6. The minimum absolute atomic E-state index is 0.209. The third kappa shape index (κ3) is 6.67. The van der Waals surface area contributed by atoms with Crippen LogP contribution in [0, 0.1) is 0 Å². The number of nitrogens with zero attached hydrogens (tertiary/aromatic N) is 1. The number of rotatable bonds is 10. The standard InChI is InChI=1S/C29H26BrN3O7/c1-3-13-39-24-12-10-20(16-25(24)38-2)33-28(36)21(27(35)32-29(33)37)14-18-9-11-23(22(30)15-18)40-17-26(34)31-19-7-5-4-6-8-19/h4-12,14-16H,3,13,17H2,1-2H3,(H,31,34)(H,32,35,37)/b21-14-. The van der Waals surface area contributed by atoms with Crippen molar-refractivity contribution in [2.45, 2.75) is 13.3 Å². The van der Waals surface area contributed by atoms with Crippen molar-refractivity contribution in [1.82, 2.24) is 5.32 Å². The SMILES string of the molecule is CCCOc1ccc(N2C(=O)NC(=O)/C(=C/c3ccc(OCC(=O)Nc4ccccc4)c(Br)c3)C2=O)cc1OC. The number of nitrogens with one attached hydrogen (secondary N) is 2.